The molecule has 0 unspecified atom stereocenters. The van der Waals surface area contributed by atoms with Crippen LogP contribution in [0.1, 0.15) is 22.3 Å². The number of fused-ring (bicyclic) bond motifs is 14. The summed E-state index contributed by atoms with van der Waals surface area (Å²) in [7, 11) is 0. The first-order chi connectivity index (χ1) is 27.3. The second-order valence-corrected chi connectivity index (χ2v) is 14.8. The van der Waals surface area contributed by atoms with Gasteiger partial charge < -0.3 is 0 Å². The molecule has 0 saturated carbocycles. The quantitative estimate of drug-likeness (QED) is 0.136. The number of hydrogen-bond acceptors (Lipinski definition) is 2. The van der Waals surface area contributed by atoms with Crippen molar-refractivity contribution in [1.29, 1.82) is 0 Å². The number of aromatic nitrogens is 2. The van der Waals surface area contributed by atoms with Crippen LogP contribution < -0.4 is 0 Å². The van der Waals surface area contributed by atoms with Crippen molar-refractivity contribution in [2.45, 2.75) is 5.41 Å². The van der Waals surface area contributed by atoms with Crippen LogP contribution in [0.25, 0.3) is 88.5 Å². The van der Waals surface area contributed by atoms with Crippen LogP contribution in [0.3, 0.4) is 0 Å². The Balaban J connectivity index is 1.15. The second-order valence-electron chi connectivity index (χ2n) is 14.8. The summed E-state index contributed by atoms with van der Waals surface area (Å²) < 4.78 is 0. The van der Waals surface area contributed by atoms with E-state index in [0.29, 0.717) is 0 Å². The van der Waals surface area contributed by atoms with Gasteiger partial charge in [0.2, 0.25) is 0 Å². The van der Waals surface area contributed by atoms with E-state index in [1.165, 1.54) is 71.4 Å². The lowest BCUT2D eigenvalue weighted by Crippen LogP contribution is -2.25. The van der Waals surface area contributed by atoms with Gasteiger partial charge in [0.25, 0.3) is 0 Å². The van der Waals surface area contributed by atoms with Gasteiger partial charge in [0, 0.05) is 22.1 Å². The van der Waals surface area contributed by atoms with Crippen molar-refractivity contribution in [2.75, 3.05) is 0 Å². The van der Waals surface area contributed by atoms with Crippen molar-refractivity contribution in [3.05, 3.63) is 216 Å². The molecule has 2 heteroatoms. The van der Waals surface area contributed by atoms with Crippen molar-refractivity contribution in [3.8, 4) is 56.2 Å². The zero-order chi connectivity index (χ0) is 36.1. The molecule has 0 atom stereocenters. The minimum Gasteiger partial charge on any atom is -0.228 e. The first-order valence-corrected chi connectivity index (χ1v) is 19.0. The highest BCUT2D eigenvalue weighted by atomic mass is 14.9. The molecule has 2 aliphatic carbocycles. The predicted octanol–water partition coefficient (Wildman–Crippen LogP) is 13.3. The number of hydrogen-bond donors (Lipinski definition) is 0. The summed E-state index contributed by atoms with van der Waals surface area (Å²) in [5.41, 5.74) is 15.1. The molecule has 1 spiro atoms. The lowest BCUT2D eigenvalue weighted by molar-refractivity contribution is 0.794. The first-order valence-electron chi connectivity index (χ1n) is 19.0. The Morgan fingerprint density at radius 1 is 0.327 bits per heavy atom. The lowest BCUT2D eigenvalue weighted by atomic mass is 9.70. The van der Waals surface area contributed by atoms with Crippen LogP contribution in [0.15, 0.2) is 194 Å². The molecule has 0 aliphatic heterocycles. The van der Waals surface area contributed by atoms with Crippen molar-refractivity contribution in [3.63, 3.8) is 0 Å². The smallest absolute Gasteiger partial charge is 0.161 e. The molecule has 0 radical (unpaired) electrons. The molecular formula is C53H32N2. The standard InChI is InChI=1S/C53H32N2/c1-2-15-34(16-3-1)48-32-49(55-52(54-48)51-39-19-7-5-17-35(39)30-37-27-26-33-14-4-6-18-38(33)50(37)51)36-28-29-47-43(31-36)42-22-10-13-25-46(42)53(47)44-23-11-8-20-40(44)41-21-9-12-24-45(41)53/h1-32H. The molecule has 0 amide bonds. The minimum absolute atomic E-state index is 0.382. The van der Waals surface area contributed by atoms with Gasteiger partial charge in [-0.05, 0) is 89.6 Å². The SMILES string of the molecule is c1ccc(-c2cc(-c3ccc4c(c3)-c3ccccc3C43c4ccccc4-c4ccccc43)nc(-c3c4ccccc4cc4ccc5ccccc5c34)n2)cc1. The summed E-state index contributed by atoms with van der Waals surface area (Å²) in [5.74, 6) is 0.727. The summed E-state index contributed by atoms with van der Waals surface area (Å²) >= 11 is 0. The van der Waals surface area contributed by atoms with E-state index in [9.17, 15) is 0 Å². The predicted molar refractivity (Wildman–Crippen MR) is 227 cm³/mol. The van der Waals surface area contributed by atoms with E-state index in [2.05, 4.69) is 194 Å². The van der Waals surface area contributed by atoms with Crippen molar-refractivity contribution >= 4 is 32.3 Å². The number of rotatable bonds is 3. The summed E-state index contributed by atoms with van der Waals surface area (Å²) in [6.45, 7) is 0. The van der Waals surface area contributed by atoms with Gasteiger partial charge in [0.05, 0.1) is 16.8 Å². The summed E-state index contributed by atoms with van der Waals surface area (Å²) in [4.78, 5) is 10.9. The fourth-order valence-electron chi connectivity index (χ4n) is 9.80. The molecule has 9 aromatic carbocycles. The molecular weight excluding hydrogens is 665 g/mol. The molecule has 1 aromatic heterocycles. The fourth-order valence-corrected chi connectivity index (χ4v) is 9.80. The summed E-state index contributed by atoms with van der Waals surface area (Å²) in [6, 6.07) is 70.7. The molecule has 0 fully saturated rings. The molecule has 0 bridgehead atoms. The normalized spacial score (nSPS) is 13.2. The van der Waals surface area contributed by atoms with Gasteiger partial charge in [-0.15, -0.1) is 0 Å². The maximum atomic E-state index is 5.54. The Labute approximate surface area is 319 Å². The van der Waals surface area contributed by atoms with Gasteiger partial charge in [-0.2, -0.15) is 0 Å². The molecule has 0 saturated heterocycles. The second kappa shape index (κ2) is 11.4. The average Bonchev–Trinajstić information content (AvgIpc) is 3.73. The highest BCUT2D eigenvalue weighted by Crippen LogP contribution is 2.63. The third-order valence-corrected chi connectivity index (χ3v) is 12.1. The number of benzene rings is 9. The monoisotopic (exact) mass is 696 g/mol. The molecule has 0 N–H and O–H groups in total. The topological polar surface area (TPSA) is 25.8 Å². The third kappa shape index (κ3) is 4.19. The van der Waals surface area contributed by atoms with Crippen LogP contribution in [-0.4, -0.2) is 9.97 Å². The summed E-state index contributed by atoms with van der Waals surface area (Å²) in [5, 5.41) is 7.08. The van der Waals surface area contributed by atoms with Gasteiger partial charge >= 0.3 is 0 Å². The van der Waals surface area contributed by atoms with E-state index in [1.807, 2.05) is 0 Å². The first kappa shape index (κ1) is 30.3. The Morgan fingerprint density at radius 3 is 1.56 bits per heavy atom. The Morgan fingerprint density at radius 2 is 0.855 bits per heavy atom. The van der Waals surface area contributed by atoms with E-state index in [4.69, 9.17) is 9.97 Å². The molecule has 10 aromatic rings. The van der Waals surface area contributed by atoms with Crippen LogP contribution >= 0.6 is 0 Å². The van der Waals surface area contributed by atoms with E-state index >= 15 is 0 Å². The average molecular weight is 697 g/mol. The van der Waals surface area contributed by atoms with E-state index < -0.39 is 0 Å². The zero-order valence-corrected chi connectivity index (χ0v) is 29.9. The number of nitrogens with zero attached hydrogens (tertiary/aromatic N) is 2. The molecule has 12 rings (SSSR count). The van der Waals surface area contributed by atoms with Crippen LogP contribution in [0.4, 0.5) is 0 Å². The van der Waals surface area contributed by atoms with Crippen LogP contribution in [-0.2, 0) is 5.41 Å². The van der Waals surface area contributed by atoms with Gasteiger partial charge in [-0.25, -0.2) is 9.97 Å². The van der Waals surface area contributed by atoms with Crippen LogP contribution in [0.5, 0.6) is 0 Å². The molecule has 2 aliphatic rings. The maximum absolute atomic E-state index is 5.54. The molecule has 254 valence electrons. The zero-order valence-electron chi connectivity index (χ0n) is 29.9. The van der Waals surface area contributed by atoms with Gasteiger partial charge in [-0.3, -0.25) is 0 Å². The Kier molecular flexibility index (Phi) is 6.29. The molecule has 1 heterocycles. The van der Waals surface area contributed by atoms with Gasteiger partial charge in [-0.1, -0.05) is 176 Å². The minimum atomic E-state index is -0.382. The van der Waals surface area contributed by atoms with Gasteiger partial charge in [0.15, 0.2) is 5.82 Å². The van der Waals surface area contributed by atoms with E-state index in [-0.39, 0.29) is 5.41 Å². The van der Waals surface area contributed by atoms with Crippen molar-refractivity contribution in [2.24, 2.45) is 0 Å². The van der Waals surface area contributed by atoms with Crippen molar-refractivity contribution < 1.29 is 0 Å². The highest BCUT2D eigenvalue weighted by molar-refractivity contribution is 6.21. The highest BCUT2D eigenvalue weighted by Gasteiger charge is 2.51. The fraction of sp³-hybridized carbons (Fsp3) is 0.0189. The largest absolute Gasteiger partial charge is 0.228 e. The molecule has 2 nitrogen and oxygen atoms in total. The Bertz CT molecular complexity index is 3170. The van der Waals surface area contributed by atoms with Crippen molar-refractivity contribution in [1.82, 2.24) is 9.97 Å². The maximum Gasteiger partial charge on any atom is 0.161 e. The van der Waals surface area contributed by atoms with E-state index in [1.54, 1.807) is 0 Å². The van der Waals surface area contributed by atoms with Crippen LogP contribution in [0, 0.1) is 0 Å². The summed E-state index contributed by atoms with van der Waals surface area (Å²) in [6.07, 6.45) is 0. The molecule has 55 heavy (non-hydrogen) atoms. The van der Waals surface area contributed by atoms with Crippen LogP contribution in [0.2, 0.25) is 0 Å². The Hall–Kier alpha value is -7.16. The third-order valence-electron chi connectivity index (χ3n) is 12.1. The lowest BCUT2D eigenvalue weighted by Gasteiger charge is -2.30. The van der Waals surface area contributed by atoms with Gasteiger partial charge in [0.1, 0.15) is 0 Å². The van der Waals surface area contributed by atoms with E-state index in [0.717, 1.165) is 39.3 Å².